The van der Waals surface area contributed by atoms with Crippen LogP contribution in [0.15, 0.2) is 24.3 Å². The van der Waals surface area contributed by atoms with E-state index in [1.807, 2.05) is 36.1 Å². The predicted octanol–water partition coefficient (Wildman–Crippen LogP) is 2.52. The largest absolute Gasteiger partial charge is 0.494 e. The molecule has 1 N–H and O–H groups in total. The lowest BCUT2D eigenvalue weighted by Gasteiger charge is -2.33. The molecule has 1 fully saturated rings. The molecule has 104 valence electrons. The molecule has 4 heteroatoms. The van der Waals surface area contributed by atoms with Gasteiger partial charge in [-0.25, -0.2) is 0 Å². The van der Waals surface area contributed by atoms with Crippen LogP contribution in [0.4, 0.5) is 0 Å². The number of hydrogen-bond donors (Lipinski definition) is 1. The second-order valence-corrected chi connectivity index (χ2v) is 4.86. The summed E-state index contributed by atoms with van der Waals surface area (Å²) in [6.07, 6.45) is 2.81. The van der Waals surface area contributed by atoms with Gasteiger partial charge in [0.25, 0.3) is 0 Å². The van der Waals surface area contributed by atoms with Gasteiger partial charge in [-0.2, -0.15) is 0 Å². The van der Waals surface area contributed by atoms with Gasteiger partial charge in [0.2, 0.25) is 0 Å². The second kappa shape index (κ2) is 6.57. The van der Waals surface area contributed by atoms with Gasteiger partial charge in [-0.05, 0) is 32.4 Å². The molecule has 1 atom stereocenters. The molecule has 1 saturated heterocycles. The molecule has 1 aliphatic rings. The van der Waals surface area contributed by atoms with E-state index in [9.17, 15) is 9.90 Å². The maximum atomic E-state index is 11.3. The fourth-order valence-corrected chi connectivity index (χ4v) is 2.61. The third-order valence-electron chi connectivity index (χ3n) is 3.54. The molecule has 0 aromatic heterocycles. The highest BCUT2D eigenvalue weighted by atomic mass is 16.5. The SMILES string of the molecule is CCOc1ccccc1CN1CCCCC1C(=O)O. The lowest BCUT2D eigenvalue weighted by molar-refractivity contribution is -0.144. The Hall–Kier alpha value is -1.55. The van der Waals surface area contributed by atoms with Crippen molar-refractivity contribution in [1.29, 1.82) is 0 Å². The van der Waals surface area contributed by atoms with E-state index in [2.05, 4.69) is 0 Å². The zero-order valence-corrected chi connectivity index (χ0v) is 11.3. The van der Waals surface area contributed by atoms with Crippen LogP contribution >= 0.6 is 0 Å². The Labute approximate surface area is 114 Å². The molecule has 0 amide bonds. The Bertz CT molecular complexity index is 433. The molecule has 1 aliphatic heterocycles. The van der Waals surface area contributed by atoms with Crippen molar-refractivity contribution in [3.8, 4) is 5.75 Å². The number of benzene rings is 1. The average molecular weight is 263 g/mol. The molecule has 1 heterocycles. The number of piperidine rings is 1. The summed E-state index contributed by atoms with van der Waals surface area (Å²) in [4.78, 5) is 13.3. The Morgan fingerprint density at radius 3 is 2.95 bits per heavy atom. The van der Waals surface area contributed by atoms with E-state index in [4.69, 9.17) is 4.74 Å². The number of carbonyl (C=O) groups is 1. The zero-order valence-electron chi connectivity index (χ0n) is 11.3. The van der Waals surface area contributed by atoms with Crippen LogP contribution in [0.3, 0.4) is 0 Å². The Morgan fingerprint density at radius 1 is 1.42 bits per heavy atom. The van der Waals surface area contributed by atoms with Crippen LogP contribution in [0.25, 0.3) is 0 Å². The Morgan fingerprint density at radius 2 is 2.21 bits per heavy atom. The monoisotopic (exact) mass is 263 g/mol. The highest BCUT2D eigenvalue weighted by molar-refractivity contribution is 5.73. The van der Waals surface area contributed by atoms with Gasteiger partial charge in [0.15, 0.2) is 0 Å². The lowest BCUT2D eigenvalue weighted by atomic mass is 10.0. The van der Waals surface area contributed by atoms with Gasteiger partial charge in [0.1, 0.15) is 11.8 Å². The van der Waals surface area contributed by atoms with Gasteiger partial charge in [-0.3, -0.25) is 9.69 Å². The van der Waals surface area contributed by atoms with Crippen LogP contribution in [0.1, 0.15) is 31.7 Å². The molecule has 0 spiro atoms. The van der Waals surface area contributed by atoms with E-state index >= 15 is 0 Å². The third-order valence-corrected chi connectivity index (χ3v) is 3.54. The second-order valence-electron chi connectivity index (χ2n) is 4.86. The number of para-hydroxylation sites is 1. The van der Waals surface area contributed by atoms with Crippen LogP contribution in [0, 0.1) is 0 Å². The fraction of sp³-hybridized carbons (Fsp3) is 0.533. The van der Waals surface area contributed by atoms with Crippen LogP contribution < -0.4 is 4.74 Å². The summed E-state index contributed by atoms with van der Waals surface area (Å²) in [5.74, 6) is 0.147. The highest BCUT2D eigenvalue weighted by Gasteiger charge is 2.28. The Balaban J connectivity index is 2.12. The van der Waals surface area contributed by atoms with Gasteiger partial charge < -0.3 is 9.84 Å². The number of hydrogen-bond acceptors (Lipinski definition) is 3. The molecule has 0 saturated carbocycles. The first-order valence-electron chi connectivity index (χ1n) is 6.90. The molecule has 4 nitrogen and oxygen atoms in total. The number of likely N-dealkylation sites (tertiary alicyclic amines) is 1. The summed E-state index contributed by atoms with van der Waals surface area (Å²) in [6.45, 7) is 4.07. The van der Waals surface area contributed by atoms with Crippen molar-refractivity contribution >= 4 is 5.97 Å². The van der Waals surface area contributed by atoms with Gasteiger partial charge in [-0.1, -0.05) is 24.6 Å². The number of carboxylic acids is 1. The first-order chi connectivity index (χ1) is 9.22. The molecule has 0 radical (unpaired) electrons. The van der Waals surface area contributed by atoms with Crippen molar-refractivity contribution in [2.45, 2.75) is 38.8 Å². The third kappa shape index (κ3) is 3.47. The average Bonchev–Trinajstić information content (AvgIpc) is 2.42. The van der Waals surface area contributed by atoms with E-state index in [1.165, 1.54) is 0 Å². The maximum absolute atomic E-state index is 11.3. The van der Waals surface area contributed by atoms with Crippen LogP contribution in [0.5, 0.6) is 5.75 Å². The molecular weight excluding hydrogens is 242 g/mol. The first-order valence-corrected chi connectivity index (χ1v) is 6.90. The van der Waals surface area contributed by atoms with Crippen molar-refractivity contribution in [3.63, 3.8) is 0 Å². The summed E-state index contributed by atoms with van der Waals surface area (Å²) in [6, 6.07) is 7.51. The minimum absolute atomic E-state index is 0.358. The standard InChI is InChI=1S/C15H21NO3/c1-2-19-14-9-4-3-7-12(14)11-16-10-6-5-8-13(16)15(17)18/h3-4,7,9,13H,2,5-6,8,10-11H2,1H3,(H,17,18). The van der Waals surface area contributed by atoms with Crippen LogP contribution in [-0.2, 0) is 11.3 Å². The minimum atomic E-state index is -0.714. The molecule has 1 aromatic carbocycles. The minimum Gasteiger partial charge on any atom is -0.494 e. The highest BCUT2D eigenvalue weighted by Crippen LogP contribution is 2.24. The van der Waals surface area contributed by atoms with Crippen molar-refractivity contribution in [3.05, 3.63) is 29.8 Å². The number of carboxylic acid groups (broad SMARTS) is 1. The van der Waals surface area contributed by atoms with E-state index in [0.29, 0.717) is 13.2 Å². The van der Waals surface area contributed by atoms with E-state index in [1.54, 1.807) is 0 Å². The summed E-state index contributed by atoms with van der Waals surface area (Å²) in [5.41, 5.74) is 1.07. The molecular formula is C15H21NO3. The first kappa shape index (κ1) is 13.9. The quantitative estimate of drug-likeness (QED) is 0.887. The number of ether oxygens (including phenoxy) is 1. The van der Waals surface area contributed by atoms with Gasteiger partial charge in [0.05, 0.1) is 6.61 Å². The van der Waals surface area contributed by atoms with Crippen molar-refractivity contribution in [1.82, 2.24) is 4.90 Å². The summed E-state index contributed by atoms with van der Waals surface area (Å²) < 4.78 is 5.60. The number of aliphatic carboxylic acids is 1. The fourth-order valence-electron chi connectivity index (χ4n) is 2.61. The summed E-state index contributed by atoms with van der Waals surface area (Å²) in [7, 11) is 0. The van der Waals surface area contributed by atoms with Crippen LogP contribution in [-0.4, -0.2) is 35.2 Å². The molecule has 1 aromatic rings. The summed E-state index contributed by atoms with van der Waals surface area (Å²) in [5, 5.41) is 9.29. The van der Waals surface area contributed by atoms with Gasteiger partial charge in [0, 0.05) is 12.1 Å². The number of nitrogens with zero attached hydrogens (tertiary/aromatic N) is 1. The predicted molar refractivity (Wildman–Crippen MR) is 73.3 cm³/mol. The maximum Gasteiger partial charge on any atom is 0.320 e. The lowest BCUT2D eigenvalue weighted by Crippen LogP contribution is -2.44. The van der Waals surface area contributed by atoms with Crippen molar-refractivity contribution in [2.75, 3.05) is 13.2 Å². The van der Waals surface area contributed by atoms with Gasteiger partial charge in [-0.15, -0.1) is 0 Å². The van der Waals surface area contributed by atoms with Gasteiger partial charge >= 0.3 is 5.97 Å². The molecule has 1 unspecified atom stereocenters. The van der Waals surface area contributed by atoms with E-state index in [0.717, 1.165) is 37.1 Å². The molecule has 0 aliphatic carbocycles. The van der Waals surface area contributed by atoms with E-state index < -0.39 is 5.97 Å². The summed E-state index contributed by atoms with van der Waals surface area (Å²) >= 11 is 0. The topological polar surface area (TPSA) is 49.8 Å². The molecule has 2 rings (SSSR count). The molecule has 19 heavy (non-hydrogen) atoms. The normalized spacial score (nSPS) is 20.2. The number of rotatable bonds is 5. The van der Waals surface area contributed by atoms with E-state index in [-0.39, 0.29) is 6.04 Å². The van der Waals surface area contributed by atoms with Crippen LogP contribution in [0.2, 0.25) is 0 Å². The van der Waals surface area contributed by atoms with Crippen molar-refractivity contribution < 1.29 is 14.6 Å². The Kier molecular flexibility index (Phi) is 4.80. The zero-order chi connectivity index (χ0) is 13.7. The van der Waals surface area contributed by atoms with Crippen molar-refractivity contribution in [2.24, 2.45) is 0 Å². The molecule has 0 bridgehead atoms. The smallest absolute Gasteiger partial charge is 0.320 e.